The van der Waals surface area contributed by atoms with Crippen molar-refractivity contribution in [1.29, 1.82) is 0 Å². The molecule has 0 amide bonds. The number of esters is 1. The smallest absolute Gasteiger partial charge is 0.337 e. The highest BCUT2D eigenvalue weighted by atomic mass is 16.5. The Hall–Kier alpha value is -11.9. The van der Waals surface area contributed by atoms with Crippen LogP contribution in [-0.4, -0.2) is 81.6 Å². The fourth-order valence-electron chi connectivity index (χ4n) is 8.15. The van der Waals surface area contributed by atoms with Gasteiger partial charge in [-0.05, 0) is 133 Å². The minimum atomic E-state index is -0.432. The van der Waals surface area contributed by atoms with Crippen LogP contribution in [0.4, 0.5) is 0 Å². The van der Waals surface area contributed by atoms with Crippen molar-refractivity contribution in [2.75, 3.05) is 7.11 Å². The van der Waals surface area contributed by atoms with Crippen LogP contribution < -0.4 is 0 Å². The number of para-hydroxylation sites is 2. The summed E-state index contributed by atoms with van der Waals surface area (Å²) in [5.74, 6) is -0.432. The van der Waals surface area contributed by atoms with Crippen LogP contribution in [0, 0.1) is 20.8 Å². The number of fused-ring (bicyclic) bond motifs is 2. The third-order valence-corrected chi connectivity index (χ3v) is 13.0. The number of nitrogens with zero attached hydrogens (tertiary/aromatic N) is 5. The molecule has 436 valence electrons. The van der Waals surface area contributed by atoms with E-state index in [1.54, 1.807) is 85.8 Å². The number of imidazole rings is 1. The number of pyridine rings is 3. The second-order valence-electron chi connectivity index (χ2n) is 19.0. The summed E-state index contributed by atoms with van der Waals surface area (Å²) in [6.07, 6.45) is 17.8. The summed E-state index contributed by atoms with van der Waals surface area (Å²) >= 11 is 0. The number of hydrogen-bond donors (Lipinski definition) is 0. The van der Waals surface area contributed by atoms with Gasteiger partial charge in [0.2, 0.25) is 0 Å². The van der Waals surface area contributed by atoms with Gasteiger partial charge in [-0.2, -0.15) is 0 Å². The fourth-order valence-corrected chi connectivity index (χ4v) is 8.15. The minimum Gasteiger partial charge on any atom is -0.465 e. The van der Waals surface area contributed by atoms with E-state index in [-0.39, 0.29) is 0 Å². The van der Waals surface area contributed by atoms with Crippen molar-refractivity contribution in [2.45, 2.75) is 20.8 Å². The van der Waals surface area contributed by atoms with E-state index in [0.29, 0.717) is 45.2 Å². The van der Waals surface area contributed by atoms with Crippen molar-refractivity contribution in [3.05, 3.63) is 317 Å². The third kappa shape index (κ3) is 20.2. The Morgan fingerprint density at radius 1 is 0.398 bits per heavy atom. The number of hydrogen-bond acceptors (Lipinski definition) is 13. The van der Waals surface area contributed by atoms with Gasteiger partial charge < -0.3 is 9.30 Å². The van der Waals surface area contributed by atoms with Crippen LogP contribution in [0.25, 0.3) is 49.7 Å². The molecule has 88 heavy (non-hydrogen) atoms. The summed E-state index contributed by atoms with van der Waals surface area (Å²) in [6, 6.07) is 65.5. The van der Waals surface area contributed by atoms with Crippen molar-refractivity contribution in [3.63, 3.8) is 0 Å². The lowest BCUT2D eigenvalue weighted by Crippen LogP contribution is -2.01. The van der Waals surface area contributed by atoms with Gasteiger partial charge in [0.15, 0.2) is 12.6 Å². The number of aryl methyl sites for hydroxylation is 3. The molecule has 0 bridgehead atoms. The van der Waals surface area contributed by atoms with E-state index in [1.165, 1.54) is 29.9 Å². The Morgan fingerprint density at radius 3 is 1.53 bits per heavy atom. The summed E-state index contributed by atoms with van der Waals surface area (Å²) < 4.78 is 6.36. The molecule has 0 unspecified atom stereocenters. The standard InChI is InChI=1S/C13H10O.C12H9NO.C10H8N2O.2C10H7NO.C10H12O.C9H8O3/c14-10-11-6-8-13(9-7-11)12-4-2-1-3-5-12;14-9-10-3-5-11(6-4-10)12-2-1-7-13-8-12;13-7-9-1-3-10(4-2-9)12-6-5-11-8-12;12-7-8-5-9-3-1-2-4-10(9)11-6-8;12-7-8-5-6-11-10-4-2-1-3-9(8)10;1-7-4-9(3)10(6-11)5-8(7)2;1-12-9(11)8-4-2-3-7(5-8)6-10/h1-10H;1-9H;1-8H;2*1-7H;4-6H,1-3H3;2-6H,1H3. The molecule has 0 radical (unpaired) electrons. The fraction of sp³-hybridized carbons (Fsp3) is 0.0541. The maximum atomic E-state index is 10.9. The topological polar surface area (TPSA) is 202 Å². The Kier molecular flexibility index (Phi) is 26.2. The molecule has 0 atom stereocenters. The summed E-state index contributed by atoms with van der Waals surface area (Å²) in [4.78, 5) is 100. The molecule has 0 N–H and O–H groups in total. The van der Waals surface area contributed by atoms with E-state index < -0.39 is 5.97 Å². The van der Waals surface area contributed by atoms with Gasteiger partial charge in [0, 0.05) is 92.6 Å². The molecule has 4 aromatic heterocycles. The van der Waals surface area contributed by atoms with Gasteiger partial charge in [-0.25, -0.2) is 9.78 Å². The molecule has 12 rings (SSSR count). The van der Waals surface area contributed by atoms with Gasteiger partial charge in [0.25, 0.3) is 0 Å². The summed E-state index contributed by atoms with van der Waals surface area (Å²) in [6.45, 7) is 6.02. The number of carbonyl (C=O) groups is 8. The van der Waals surface area contributed by atoms with Crippen LogP contribution >= 0.6 is 0 Å². The molecular weight excluding hydrogens is 1100 g/mol. The average Bonchev–Trinajstić information content (AvgIpc) is 4.30. The molecule has 0 aliphatic carbocycles. The van der Waals surface area contributed by atoms with Gasteiger partial charge in [-0.1, -0.05) is 140 Å². The number of benzene rings is 8. The number of ether oxygens (including phenoxy) is 1. The molecule has 0 saturated carbocycles. The van der Waals surface area contributed by atoms with Crippen molar-refractivity contribution in [2.24, 2.45) is 0 Å². The van der Waals surface area contributed by atoms with Crippen LogP contribution in [0.5, 0.6) is 0 Å². The zero-order valence-electron chi connectivity index (χ0n) is 48.7. The number of aromatic nitrogens is 5. The lowest BCUT2D eigenvalue weighted by molar-refractivity contribution is 0.0600. The minimum absolute atomic E-state index is 0.391. The van der Waals surface area contributed by atoms with Crippen molar-refractivity contribution in [1.82, 2.24) is 24.5 Å². The molecule has 0 spiro atoms. The highest BCUT2D eigenvalue weighted by Gasteiger charge is 2.05. The molecule has 0 aliphatic rings. The molecule has 8 aromatic carbocycles. The SMILES string of the molecule is COC(=O)c1cccc(C=O)c1.Cc1cc(C)c(C=O)cc1C.O=Cc1ccc(-c2ccccc2)cc1.O=Cc1ccc(-c2cccnc2)cc1.O=Cc1ccc(-n2ccnc2)cc1.O=Cc1ccnc2ccccc12.O=Cc1cnc2ccccc2c1. The van der Waals surface area contributed by atoms with E-state index in [1.807, 2.05) is 170 Å². The molecule has 4 heterocycles. The molecule has 14 nitrogen and oxygen atoms in total. The predicted molar refractivity (Wildman–Crippen MR) is 345 cm³/mol. The van der Waals surface area contributed by atoms with E-state index in [4.69, 9.17) is 0 Å². The maximum absolute atomic E-state index is 10.9. The lowest BCUT2D eigenvalue weighted by atomic mass is 10.0. The van der Waals surface area contributed by atoms with E-state index in [9.17, 15) is 38.4 Å². The van der Waals surface area contributed by atoms with E-state index in [0.717, 1.165) is 93.0 Å². The molecule has 0 saturated heterocycles. The van der Waals surface area contributed by atoms with Gasteiger partial charge in [0.1, 0.15) is 31.4 Å². The van der Waals surface area contributed by atoms with Crippen LogP contribution in [0.3, 0.4) is 0 Å². The summed E-state index contributed by atoms with van der Waals surface area (Å²) in [7, 11) is 1.30. The third-order valence-electron chi connectivity index (χ3n) is 13.0. The van der Waals surface area contributed by atoms with E-state index >= 15 is 0 Å². The summed E-state index contributed by atoms with van der Waals surface area (Å²) in [5.41, 5.74) is 15.8. The number of methoxy groups -OCH3 is 1. The zero-order chi connectivity index (χ0) is 62.9. The first-order chi connectivity index (χ1) is 42.9. The van der Waals surface area contributed by atoms with Gasteiger partial charge in [-0.15, -0.1) is 0 Å². The highest BCUT2D eigenvalue weighted by molar-refractivity contribution is 5.96. The molecule has 12 aromatic rings. The second-order valence-corrected chi connectivity index (χ2v) is 19.0. The molecule has 0 aliphatic heterocycles. The van der Waals surface area contributed by atoms with Crippen molar-refractivity contribution >= 4 is 71.8 Å². The normalized spacial score (nSPS) is 9.73. The largest absolute Gasteiger partial charge is 0.465 e. The maximum Gasteiger partial charge on any atom is 0.337 e. The van der Waals surface area contributed by atoms with Crippen LogP contribution in [-0.2, 0) is 4.74 Å². The Labute approximate surface area is 509 Å². The quantitative estimate of drug-likeness (QED) is 0.0875. The highest BCUT2D eigenvalue weighted by Crippen LogP contribution is 2.20. The molecule has 0 fully saturated rings. The number of aldehydes is 7. The Balaban J connectivity index is 0.000000164. The predicted octanol–water partition coefficient (Wildman–Crippen LogP) is 15.2. The Bertz CT molecular complexity index is 4100. The van der Waals surface area contributed by atoms with Crippen LogP contribution in [0.1, 0.15) is 99.6 Å². The molecule has 14 heteroatoms. The Morgan fingerprint density at radius 2 is 0.955 bits per heavy atom. The first-order valence-electron chi connectivity index (χ1n) is 27.3. The van der Waals surface area contributed by atoms with Crippen molar-refractivity contribution < 1.29 is 43.1 Å². The van der Waals surface area contributed by atoms with Gasteiger partial charge >= 0.3 is 5.97 Å². The van der Waals surface area contributed by atoms with Crippen molar-refractivity contribution in [3.8, 4) is 27.9 Å². The second kappa shape index (κ2) is 35.3. The number of rotatable bonds is 11. The number of carbonyl (C=O) groups excluding carboxylic acids is 8. The summed E-state index contributed by atoms with van der Waals surface area (Å²) in [5, 5.41) is 1.91. The average molecular weight is 1160 g/mol. The lowest BCUT2D eigenvalue weighted by Gasteiger charge is -2.03. The molecular formula is C74H61N5O9. The van der Waals surface area contributed by atoms with E-state index in [2.05, 4.69) is 43.7 Å². The van der Waals surface area contributed by atoms with Gasteiger partial charge in [-0.3, -0.25) is 48.5 Å². The first kappa shape index (κ1) is 65.3. The van der Waals surface area contributed by atoms with Crippen LogP contribution in [0.2, 0.25) is 0 Å². The van der Waals surface area contributed by atoms with Crippen LogP contribution in [0.15, 0.2) is 256 Å². The zero-order valence-corrected chi connectivity index (χ0v) is 48.7. The first-order valence-corrected chi connectivity index (χ1v) is 27.3. The van der Waals surface area contributed by atoms with Gasteiger partial charge in [0.05, 0.1) is 30.0 Å². The monoisotopic (exact) mass is 1160 g/mol.